The summed E-state index contributed by atoms with van der Waals surface area (Å²) in [5.74, 6) is 0.755. The number of nitrogens with zero attached hydrogens (tertiary/aromatic N) is 1. The van der Waals surface area contributed by atoms with Gasteiger partial charge in [0.15, 0.2) is 0 Å². The fourth-order valence-electron chi connectivity index (χ4n) is 2.59. The lowest BCUT2D eigenvalue weighted by molar-refractivity contribution is 0.401. The van der Waals surface area contributed by atoms with Crippen LogP contribution in [0.25, 0.3) is 0 Å². The van der Waals surface area contributed by atoms with E-state index in [1.54, 1.807) is 11.3 Å². The Morgan fingerprint density at radius 3 is 2.65 bits per heavy atom. The molecule has 0 bridgehead atoms. The third-order valence-corrected chi connectivity index (χ3v) is 5.00. The maximum absolute atomic E-state index is 6.00. The van der Waals surface area contributed by atoms with Gasteiger partial charge >= 0.3 is 0 Å². The minimum absolute atomic E-state index is 0.344. The minimum Gasteiger partial charge on any atom is -0.301 e. The lowest BCUT2D eigenvalue weighted by atomic mass is 10.0. The molecule has 1 aromatic carbocycles. The zero-order valence-electron chi connectivity index (χ0n) is 11.6. The van der Waals surface area contributed by atoms with Crippen LogP contribution in [-0.4, -0.2) is 4.98 Å². The average molecular weight is 307 g/mol. The molecular formula is C16H19ClN2S. The largest absolute Gasteiger partial charge is 0.301 e. The fraction of sp³-hybridized carbons (Fsp3) is 0.438. The first-order valence-electron chi connectivity index (χ1n) is 7.19. The van der Waals surface area contributed by atoms with Gasteiger partial charge in [0.2, 0.25) is 0 Å². The molecule has 2 nitrogen and oxygen atoms in total. The van der Waals surface area contributed by atoms with Gasteiger partial charge in [0.05, 0.1) is 6.04 Å². The molecule has 2 aromatic rings. The Morgan fingerprint density at radius 2 is 2.10 bits per heavy atom. The van der Waals surface area contributed by atoms with E-state index in [1.807, 2.05) is 23.7 Å². The highest BCUT2D eigenvalue weighted by Gasteiger charge is 2.33. The number of halogens is 1. The number of benzene rings is 1. The second kappa shape index (κ2) is 6.25. The SMILES string of the molecule is CCC(NC(c1ccc(Cl)cc1)C1CC1)c1nccs1. The van der Waals surface area contributed by atoms with Crippen LogP contribution in [0.2, 0.25) is 5.02 Å². The van der Waals surface area contributed by atoms with Crippen molar-refractivity contribution < 1.29 is 0 Å². The van der Waals surface area contributed by atoms with E-state index in [0.717, 1.165) is 17.4 Å². The van der Waals surface area contributed by atoms with Crippen LogP contribution >= 0.6 is 22.9 Å². The first kappa shape index (κ1) is 14.1. The lowest BCUT2D eigenvalue weighted by Crippen LogP contribution is -2.27. The number of aromatic nitrogens is 1. The molecule has 0 amide bonds. The van der Waals surface area contributed by atoms with Crippen LogP contribution in [0.3, 0.4) is 0 Å². The van der Waals surface area contributed by atoms with E-state index in [1.165, 1.54) is 23.4 Å². The summed E-state index contributed by atoms with van der Waals surface area (Å²) in [6.07, 6.45) is 5.58. The van der Waals surface area contributed by atoms with Gasteiger partial charge in [-0.3, -0.25) is 0 Å². The number of thiazole rings is 1. The van der Waals surface area contributed by atoms with Crippen molar-refractivity contribution in [2.45, 2.75) is 38.3 Å². The summed E-state index contributed by atoms with van der Waals surface area (Å²) < 4.78 is 0. The van der Waals surface area contributed by atoms with Crippen LogP contribution in [0.15, 0.2) is 35.8 Å². The van der Waals surface area contributed by atoms with Crippen molar-refractivity contribution in [1.82, 2.24) is 10.3 Å². The van der Waals surface area contributed by atoms with Crippen LogP contribution in [0, 0.1) is 5.92 Å². The molecule has 1 heterocycles. The van der Waals surface area contributed by atoms with Crippen LogP contribution < -0.4 is 5.32 Å². The van der Waals surface area contributed by atoms with E-state index in [4.69, 9.17) is 11.6 Å². The van der Waals surface area contributed by atoms with E-state index < -0.39 is 0 Å². The summed E-state index contributed by atoms with van der Waals surface area (Å²) in [5.41, 5.74) is 1.34. The summed E-state index contributed by atoms with van der Waals surface area (Å²) in [5, 5.41) is 7.85. The van der Waals surface area contributed by atoms with Crippen molar-refractivity contribution in [3.05, 3.63) is 51.4 Å². The fourth-order valence-corrected chi connectivity index (χ4v) is 3.50. The molecule has 0 aliphatic heterocycles. The molecule has 1 aliphatic rings. The highest BCUT2D eigenvalue weighted by atomic mass is 35.5. The minimum atomic E-state index is 0.344. The topological polar surface area (TPSA) is 24.9 Å². The van der Waals surface area contributed by atoms with Gasteiger partial charge in [0.25, 0.3) is 0 Å². The van der Waals surface area contributed by atoms with Crippen molar-refractivity contribution >= 4 is 22.9 Å². The first-order valence-corrected chi connectivity index (χ1v) is 8.44. The van der Waals surface area contributed by atoms with E-state index >= 15 is 0 Å². The Bertz CT molecular complexity index is 534. The molecular weight excluding hydrogens is 288 g/mol. The van der Waals surface area contributed by atoms with E-state index in [9.17, 15) is 0 Å². The Labute approximate surface area is 129 Å². The quantitative estimate of drug-likeness (QED) is 0.813. The molecule has 1 aliphatic carbocycles. The highest BCUT2D eigenvalue weighted by molar-refractivity contribution is 7.09. The smallest absolute Gasteiger partial charge is 0.109 e. The lowest BCUT2D eigenvalue weighted by Gasteiger charge is -2.24. The maximum atomic E-state index is 6.00. The number of rotatable bonds is 6. The molecule has 20 heavy (non-hydrogen) atoms. The molecule has 0 radical (unpaired) electrons. The average Bonchev–Trinajstić information content (AvgIpc) is 3.16. The molecule has 4 heteroatoms. The predicted molar refractivity (Wildman–Crippen MR) is 85.2 cm³/mol. The van der Waals surface area contributed by atoms with Gasteiger partial charge in [-0.05, 0) is 42.9 Å². The summed E-state index contributed by atoms with van der Waals surface area (Å²) in [7, 11) is 0. The van der Waals surface area contributed by atoms with Gasteiger partial charge < -0.3 is 5.32 Å². The standard InChI is InChI=1S/C16H19ClN2S/c1-2-14(16-18-9-10-20-16)19-15(11-3-4-11)12-5-7-13(17)8-6-12/h5-11,14-15,19H,2-4H2,1H3. The molecule has 1 fully saturated rings. The van der Waals surface area contributed by atoms with Crippen LogP contribution in [0.4, 0.5) is 0 Å². The summed E-state index contributed by atoms with van der Waals surface area (Å²) >= 11 is 7.73. The molecule has 1 N–H and O–H groups in total. The Hall–Kier alpha value is -0.900. The van der Waals surface area contributed by atoms with Crippen molar-refractivity contribution in [3.8, 4) is 0 Å². The highest BCUT2D eigenvalue weighted by Crippen LogP contribution is 2.42. The summed E-state index contributed by atoms with van der Waals surface area (Å²) in [6, 6.07) is 9.02. The van der Waals surface area contributed by atoms with Crippen LogP contribution in [0.5, 0.6) is 0 Å². The van der Waals surface area contributed by atoms with E-state index in [2.05, 4.69) is 29.4 Å². The number of nitrogens with one attached hydrogen (secondary N) is 1. The van der Waals surface area contributed by atoms with Crippen molar-refractivity contribution in [2.75, 3.05) is 0 Å². The molecule has 3 rings (SSSR count). The molecule has 106 valence electrons. The molecule has 1 saturated carbocycles. The van der Waals surface area contributed by atoms with Crippen molar-refractivity contribution in [3.63, 3.8) is 0 Å². The molecule has 1 aromatic heterocycles. The number of hydrogen-bond donors (Lipinski definition) is 1. The predicted octanol–water partition coefficient (Wildman–Crippen LogP) is 4.99. The maximum Gasteiger partial charge on any atom is 0.109 e. The Balaban J connectivity index is 1.79. The van der Waals surface area contributed by atoms with Gasteiger partial charge in [-0.2, -0.15) is 0 Å². The second-order valence-electron chi connectivity index (χ2n) is 5.36. The third kappa shape index (κ3) is 3.22. The summed E-state index contributed by atoms with van der Waals surface area (Å²) in [4.78, 5) is 4.46. The zero-order valence-corrected chi connectivity index (χ0v) is 13.1. The summed E-state index contributed by atoms with van der Waals surface area (Å²) in [6.45, 7) is 2.21. The molecule has 0 spiro atoms. The third-order valence-electron chi connectivity index (χ3n) is 3.86. The number of hydrogen-bond acceptors (Lipinski definition) is 3. The van der Waals surface area contributed by atoms with Gasteiger partial charge in [0, 0.05) is 22.6 Å². The van der Waals surface area contributed by atoms with E-state index in [0.29, 0.717) is 12.1 Å². The first-order chi connectivity index (χ1) is 9.78. The molecule has 0 saturated heterocycles. The van der Waals surface area contributed by atoms with Crippen molar-refractivity contribution in [1.29, 1.82) is 0 Å². The van der Waals surface area contributed by atoms with Crippen molar-refractivity contribution in [2.24, 2.45) is 5.92 Å². The monoisotopic (exact) mass is 306 g/mol. The van der Waals surface area contributed by atoms with Gasteiger partial charge in [-0.1, -0.05) is 30.7 Å². The van der Waals surface area contributed by atoms with Crippen LogP contribution in [0.1, 0.15) is 48.8 Å². The Morgan fingerprint density at radius 1 is 1.35 bits per heavy atom. The second-order valence-corrected chi connectivity index (χ2v) is 6.73. The Kier molecular flexibility index (Phi) is 4.39. The van der Waals surface area contributed by atoms with Gasteiger partial charge in [-0.15, -0.1) is 11.3 Å². The normalized spacial score (nSPS) is 17.9. The van der Waals surface area contributed by atoms with Gasteiger partial charge in [0.1, 0.15) is 5.01 Å². The van der Waals surface area contributed by atoms with E-state index in [-0.39, 0.29) is 0 Å². The van der Waals surface area contributed by atoms with Gasteiger partial charge in [-0.25, -0.2) is 4.98 Å². The zero-order chi connectivity index (χ0) is 13.9. The van der Waals surface area contributed by atoms with Crippen LogP contribution in [-0.2, 0) is 0 Å². The molecule has 2 unspecified atom stereocenters. The molecule has 2 atom stereocenters.